The average Bonchev–Trinajstić information content (AvgIpc) is 3.12. The Labute approximate surface area is 158 Å². The first-order valence-corrected chi connectivity index (χ1v) is 8.84. The Hall–Kier alpha value is -3.15. The van der Waals surface area contributed by atoms with Crippen LogP contribution in [0.5, 0.6) is 17.2 Å². The number of methoxy groups -OCH3 is 2. The number of benzene rings is 2. The third kappa shape index (κ3) is 3.69. The van der Waals surface area contributed by atoms with Crippen molar-refractivity contribution >= 4 is 22.5 Å². The Morgan fingerprint density at radius 2 is 1.89 bits per heavy atom. The fourth-order valence-electron chi connectivity index (χ4n) is 3.04. The van der Waals surface area contributed by atoms with Crippen LogP contribution in [0.4, 0.5) is 5.69 Å². The number of hydrogen-bond acceptors (Lipinski definition) is 4. The van der Waals surface area contributed by atoms with E-state index < -0.39 is 6.04 Å². The van der Waals surface area contributed by atoms with Gasteiger partial charge in [-0.2, -0.15) is 0 Å². The zero-order valence-electron chi connectivity index (χ0n) is 16.0. The number of nitrogens with one attached hydrogen (secondary N) is 1. The summed E-state index contributed by atoms with van der Waals surface area (Å²) in [5.74, 6) is 1.90. The zero-order valence-corrected chi connectivity index (χ0v) is 16.0. The van der Waals surface area contributed by atoms with Crippen molar-refractivity contribution in [1.82, 2.24) is 4.57 Å². The predicted molar refractivity (Wildman–Crippen MR) is 106 cm³/mol. The maximum atomic E-state index is 12.9. The van der Waals surface area contributed by atoms with E-state index in [0.29, 0.717) is 29.5 Å². The Kier molecular flexibility index (Phi) is 5.54. The molecule has 0 bridgehead atoms. The molecule has 27 heavy (non-hydrogen) atoms. The van der Waals surface area contributed by atoms with Crippen LogP contribution >= 0.6 is 0 Å². The number of para-hydroxylation sites is 2. The summed E-state index contributed by atoms with van der Waals surface area (Å²) in [6, 6.07) is 12.6. The van der Waals surface area contributed by atoms with Gasteiger partial charge in [-0.1, -0.05) is 12.1 Å². The number of carbonyl (C=O) groups is 1. The van der Waals surface area contributed by atoms with E-state index >= 15 is 0 Å². The summed E-state index contributed by atoms with van der Waals surface area (Å²) in [6.07, 6.45) is 1.88. The number of carbonyl (C=O) groups excluding carboxylic acids is 1. The van der Waals surface area contributed by atoms with E-state index in [1.807, 2.05) is 67.1 Å². The number of aromatic nitrogens is 1. The van der Waals surface area contributed by atoms with Gasteiger partial charge in [0.05, 0.1) is 32.0 Å². The van der Waals surface area contributed by atoms with Crippen LogP contribution in [0.15, 0.2) is 48.7 Å². The minimum absolute atomic E-state index is 0.138. The molecule has 1 aromatic heterocycles. The molecule has 0 spiro atoms. The van der Waals surface area contributed by atoms with Crippen molar-refractivity contribution in [3.63, 3.8) is 0 Å². The molecule has 0 saturated heterocycles. The molecular weight excluding hydrogens is 344 g/mol. The first kappa shape index (κ1) is 18.6. The van der Waals surface area contributed by atoms with Crippen LogP contribution in [-0.2, 0) is 4.79 Å². The summed E-state index contributed by atoms with van der Waals surface area (Å²) in [5.41, 5.74) is 1.52. The Bertz CT molecular complexity index is 949. The van der Waals surface area contributed by atoms with Crippen molar-refractivity contribution in [3.05, 3.63) is 48.7 Å². The first-order chi connectivity index (χ1) is 13.1. The Balaban J connectivity index is 1.92. The molecular formula is C21H24N2O4. The van der Waals surface area contributed by atoms with Crippen molar-refractivity contribution in [3.8, 4) is 17.2 Å². The number of anilines is 1. The number of fused-ring (bicyclic) bond motifs is 1. The van der Waals surface area contributed by atoms with Gasteiger partial charge in [0, 0.05) is 23.7 Å². The molecule has 1 N–H and O–H groups in total. The van der Waals surface area contributed by atoms with Crippen LogP contribution in [0, 0.1) is 0 Å². The molecule has 0 aliphatic carbocycles. The molecule has 142 valence electrons. The van der Waals surface area contributed by atoms with Crippen molar-refractivity contribution in [2.24, 2.45) is 0 Å². The molecule has 0 radical (unpaired) electrons. The second-order valence-electron chi connectivity index (χ2n) is 6.08. The lowest BCUT2D eigenvalue weighted by Gasteiger charge is -2.17. The zero-order chi connectivity index (χ0) is 19.4. The van der Waals surface area contributed by atoms with Gasteiger partial charge in [-0.05, 0) is 32.0 Å². The lowest BCUT2D eigenvalue weighted by Crippen LogP contribution is -2.23. The van der Waals surface area contributed by atoms with Gasteiger partial charge in [0.2, 0.25) is 5.91 Å². The van der Waals surface area contributed by atoms with Gasteiger partial charge >= 0.3 is 0 Å². The van der Waals surface area contributed by atoms with E-state index in [4.69, 9.17) is 14.2 Å². The normalized spacial score (nSPS) is 11.9. The summed E-state index contributed by atoms with van der Waals surface area (Å²) < 4.78 is 18.3. The highest BCUT2D eigenvalue weighted by molar-refractivity contribution is 5.97. The van der Waals surface area contributed by atoms with Gasteiger partial charge in [-0.3, -0.25) is 4.79 Å². The van der Waals surface area contributed by atoms with Crippen LogP contribution in [0.1, 0.15) is 19.9 Å². The second-order valence-corrected chi connectivity index (χ2v) is 6.08. The molecule has 0 aliphatic rings. The quantitative estimate of drug-likeness (QED) is 0.677. The SMILES string of the molecule is CCOc1ccccc1NC(=O)C(C)n1ccc2c(OC)cc(OC)cc21. The van der Waals surface area contributed by atoms with Crippen LogP contribution in [0.3, 0.4) is 0 Å². The third-order valence-corrected chi connectivity index (χ3v) is 4.47. The van der Waals surface area contributed by atoms with Gasteiger partial charge in [-0.15, -0.1) is 0 Å². The molecule has 0 aliphatic heterocycles. The molecule has 6 heteroatoms. The lowest BCUT2D eigenvalue weighted by molar-refractivity contribution is -0.118. The smallest absolute Gasteiger partial charge is 0.247 e. The molecule has 3 aromatic rings. The van der Waals surface area contributed by atoms with Crippen LogP contribution in [0.25, 0.3) is 10.9 Å². The number of nitrogens with zero attached hydrogens (tertiary/aromatic N) is 1. The number of ether oxygens (including phenoxy) is 3. The summed E-state index contributed by atoms with van der Waals surface area (Å²) in [5, 5.41) is 3.88. The van der Waals surface area contributed by atoms with Gasteiger partial charge in [-0.25, -0.2) is 0 Å². The molecule has 6 nitrogen and oxygen atoms in total. The van der Waals surface area contributed by atoms with Crippen molar-refractivity contribution in [2.75, 3.05) is 26.1 Å². The second kappa shape index (κ2) is 8.03. The molecule has 1 heterocycles. The standard InChI is InChI=1S/C21H24N2O4/c1-5-27-19-9-7-6-8-17(19)22-21(24)14(2)23-11-10-16-18(23)12-15(25-3)13-20(16)26-4/h6-14H,5H2,1-4H3,(H,22,24). The van der Waals surface area contributed by atoms with Crippen LogP contribution in [-0.4, -0.2) is 31.3 Å². The number of rotatable bonds is 7. The topological polar surface area (TPSA) is 61.7 Å². The summed E-state index contributed by atoms with van der Waals surface area (Å²) >= 11 is 0. The molecule has 0 saturated carbocycles. The van der Waals surface area contributed by atoms with E-state index in [0.717, 1.165) is 10.9 Å². The maximum Gasteiger partial charge on any atom is 0.247 e. The fourth-order valence-corrected chi connectivity index (χ4v) is 3.04. The van der Waals surface area contributed by atoms with E-state index in [1.165, 1.54) is 0 Å². The van der Waals surface area contributed by atoms with Crippen molar-refractivity contribution in [2.45, 2.75) is 19.9 Å². The Morgan fingerprint density at radius 3 is 2.59 bits per heavy atom. The van der Waals surface area contributed by atoms with E-state index in [2.05, 4.69) is 5.32 Å². The van der Waals surface area contributed by atoms with Crippen LogP contribution < -0.4 is 19.5 Å². The van der Waals surface area contributed by atoms with Gasteiger partial charge in [0.1, 0.15) is 23.3 Å². The molecule has 1 atom stereocenters. The lowest BCUT2D eigenvalue weighted by atomic mass is 10.2. The van der Waals surface area contributed by atoms with E-state index in [-0.39, 0.29) is 5.91 Å². The number of amides is 1. The van der Waals surface area contributed by atoms with Gasteiger partial charge < -0.3 is 24.1 Å². The highest BCUT2D eigenvalue weighted by atomic mass is 16.5. The molecule has 2 aromatic carbocycles. The van der Waals surface area contributed by atoms with E-state index in [9.17, 15) is 4.79 Å². The largest absolute Gasteiger partial charge is 0.497 e. The summed E-state index contributed by atoms with van der Waals surface area (Å²) in [6.45, 7) is 4.29. The fraction of sp³-hybridized carbons (Fsp3) is 0.286. The minimum Gasteiger partial charge on any atom is -0.497 e. The van der Waals surface area contributed by atoms with Gasteiger partial charge in [0.15, 0.2) is 0 Å². The molecule has 1 amide bonds. The first-order valence-electron chi connectivity index (χ1n) is 8.84. The van der Waals surface area contributed by atoms with E-state index in [1.54, 1.807) is 14.2 Å². The van der Waals surface area contributed by atoms with Crippen LogP contribution in [0.2, 0.25) is 0 Å². The van der Waals surface area contributed by atoms with Crippen molar-refractivity contribution in [1.29, 1.82) is 0 Å². The van der Waals surface area contributed by atoms with Crippen molar-refractivity contribution < 1.29 is 19.0 Å². The van der Waals surface area contributed by atoms with Gasteiger partial charge in [0.25, 0.3) is 0 Å². The molecule has 1 unspecified atom stereocenters. The predicted octanol–water partition coefficient (Wildman–Crippen LogP) is 4.26. The maximum absolute atomic E-state index is 12.9. The third-order valence-electron chi connectivity index (χ3n) is 4.47. The number of hydrogen-bond donors (Lipinski definition) is 1. The monoisotopic (exact) mass is 368 g/mol. The average molecular weight is 368 g/mol. The summed E-state index contributed by atoms with van der Waals surface area (Å²) in [7, 11) is 3.22. The molecule has 3 rings (SSSR count). The highest BCUT2D eigenvalue weighted by Gasteiger charge is 2.20. The highest BCUT2D eigenvalue weighted by Crippen LogP contribution is 2.34. The minimum atomic E-state index is -0.436. The molecule has 0 fully saturated rings. The summed E-state index contributed by atoms with van der Waals surface area (Å²) in [4.78, 5) is 12.9. The Morgan fingerprint density at radius 1 is 1.11 bits per heavy atom.